The molecule has 13 heteroatoms. The predicted molar refractivity (Wildman–Crippen MR) is 125 cm³/mol. The zero-order valence-electron chi connectivity index (χ0n) is 19.2. The maximum Gasteiger partial charge on any atom is 0.273 e. The molecule has 1 aliphatic rings. The molecule has 0 saturated carbocycles. The van der Waals surface area contributed by atoms with E-state index in [1.54, 1.807) is 0 Å². The van der Waals surface area contributed by atoms with Gasteiger partial charge in [-0.15, -0.1) is 0 Å². The second-order valence-corrected chi connectivity index (χ2v) is 7.61. The van der Waals surface area contributed by atoms with Gasteiger partial charge in [0.2, 0.25) is 11.6 Å². The van der Waals surface area contributed by atoms with Gasteiger partial charge in [-0.2, -0.15) is 8.78 Å². The SMILES string of the molecule is O=[N+]([O-])c1ccc2c(c1)OCCNc1ccc(F)c(F)c1OCCOc1c(ccc(F)c1F)NCCO2. The van der Waals surface area contributed by atoms with Gasteiger partial charge in [-0.05, 0) is 30.3 Å². The molecule has 1 heterocycles. The molecule has 0 unspecified atom stereocenters. The molecule has 0 aromatic heterocycles. The average molecular weight is 523 g/mol. The second kappa shape index (κ2) is 11.5. The Morgan fingerprint density at radius 2 is 1.19 bits per heavy atom. The lowest BCUT2D eigenvalue weighted by Gasteiger charge is -2.18. The topological polar surface area (TPSA) is 104 Å². The number of halogens is 4. The van der Waals surface area contributed by atoms with Crippen molar-refractivity contribution in [3.8, 4) is 23.0 Å². The Morgan fingerprint density at radius 1 is 0.676 bits per heavy atom. The van der Waals surface area contributed by atoms with Gasteiger partial charge < -0.3 is 29.6 Å². The van der Waals surface area contributed by atoms with E-state index in [0.29, 0.717) is 0 Å². The number of nitrogens with zero attached hydrogens (tertiary/aromatic N) is 1. The summed E-state index contributed by atoms with van der Waals surface area (Å²) in [5.41, 5.74) is -0.0167. The largest absolute Gasteiger partial charge is 0.488 e. The molecule has 1 aliphatic heterocycles. The molecule has 37 heavy (non-hydrogen) atoms. The number of nitro benzene ring substituents is 1. The highest BCUT2D eigenvalue weighted by Gasteiger charge is 2.19. The molecule has 0 saturated heterocycles. The van der Waals surface area contributed by atoms with Crippen molar-refractivity contribution in [1.82, 2.24) is 0 Å². The number of ether oxygens (including phenoxy) is 4. The molecule has 3 aromatic carbocycles. The lowest BCUT2D eigenvalue weighted by atomic mass is 10.2. The van der Waals surface area contributed by atoms with Gasteiger partial charge in [0.25, 0.3) is 5.69 Å². The van der Waals surface area contributed by atoms with Crippen LogP contribution in [0, 0.1) is 33.4 Å². The van der Waals surface area contributed by atoms with E-state index in [-0.39, 0.29) is 68.1 Å². The van der Waals surface area contributed by atoms with Crippen molar-refractivity contribution < 1.29 is 41.4 Å². The van der Waals surface area contributed by atoms with Gasteiger partial charge in [-0.1, -0.05) is 0 Å². The molecule has 0 amide bonds. The molecular weight excluding hydrogens is 502 g/mol. The van der Waals surface area contributed by atoms with Crippen molar-refractivity contribution in [2.45, 2.75) is 0 Å². The Bertz CT molecular complexity index is 1290. The van der Waals surface area contributed by atoms with Crippen LogP contribution in [-0.2, 0) is 0 Å². The molecular formula is C24H21F4N3O6. The molecule has 2 N–H and O–H groups in total. The highest BCUT2D eigenvalue weighted by molar-refractivity contribution is 5.58. The molecule has 0 aliphatic carbocycles. The van der Waals surface area contributed by atoms with Crippen LogP contribution in [0.5, 0.6) is 23.0 Å². The second-order valence-electron chi connectivity index (χ2n) is 7.61. The summed E-state index contributed by atoms with van der Waals surface area (Å²) in [6, 6.07) is 8.13. The summed E-state index contributed by atoms with van der Waals surface area (Å²) in [4.78, 5) is 10.6. The van der Waals surface area contributed by atoms with E-state index in [0.717, 1.165) is 12.1 Å². The van der Waals surface area contributed by atoms with Crippen molar-refractivity contribution >= 4 is 17.1 Å². The summed E-state index contributed by atoms with van der Waals surface area (Å²) < 4.78 is 78.5. The number of non-ortho nitro benzene ring substituents is 1. The lowest BCUT2D eigenvalue weighted by Crippen LogP contribution is -2.18. The highest BCUT2D eigenvalue weighted by atomic mass is 19.2. The first kappa shape index (κ1) is 25.7. The first-order chi connectivity index (χ1) is 17.8. The van der Waals surface area contributed by atoms with Crippen LogP contribution in [0.3, 0.4) is 0 Å². The number of hydrogen-bond donors (Lipinski definition) is 2. The number of hydrogen-bond acceptors (Lipinski definition) is 8. The van der Waals surface area contributed by atoms with Gasteiger partial charge in [0.05, 0.1) is 22.4 Å². The van der Waals surface area contributed by atoms with Crippen molar-refractivity contribution in [3.63, 3.8) is 0 Å². The Labute approximate surface area is 208 Å². The van der Waals surface area contributed by atoms with E-state index < -0.39 is 39.7 Å². The van der Waals surface area contributed by atoms with Gasteiger partial charge >= 0.3 is 0 Å². The van der Waals surface area contributed by atoms with Crippen LogP contribution >= 0.6 is 0 Å². The number of rotatable bonds is 1. The highest BCUT2D eigenvalue weighted by Crippen LogP contribution is 2.34. The molecule has 0 fully saturated rings. The lowest BCUT2D eigenvalue weighted by molar-refractivity contribution is -0.385. The maximum atomic E-state index is 14.4. The molecule has 9 nitrogen and oxygen atoms in total. The first-order valence-corrected chi connectivity index (χ1v) is 11.1. The third-order valence-electron chi connectivity index (χ3n) is 5.16. The zero-order valence-corrected chi connectivity index (χ0v) is 19.2. The summed E-state index contributed by atoms with van der Waals surface area (Å²) in [5.74, 6) is -5.39. The molecule has 196 valence electrons. The van der Waals surface area contributed by atoms with E-state index in [2.05, 4.69) is 10.6 Å². The standard InChI is InChI=1S/C24H21F4N3O6/c25-15-2-4-17-23(21(15)27)36-11-12-37-24-18(5-3-16(26)22(24)28)30-8-10-35-20-13-14(31(32)33)1-6-19(20)34-9-7-29-17/h1-6,13,29-30H,7-12H2. The minimum atomic E-state index is -1.26. The number of fused-ring (bicyclic) bond motifs is 3. The number of nitro groups is 1. The Hall–Kier alpha value is -4.42. The number of nitrogens with one attached hydrogen (secondary N) is 2. The van der Waals surface area contributed by atoms with Crippen molar-refractivity contribution in [2.75, 3.05) is 50.2 Å². The van der Waals surface area contributed by atoms with Gasteiger partial charge in [0.1, 0.15) is 26.4 Å². The maximum absolute atomic E-state index is 14.4. The number of anilines is 2. The molecule has 0 atom stereocenters. The minimum Gasteiger partial charge on any atom is -0.488 e. The van der Waals surface area contributed by atoms with Crippen LogP contribution in [0.1, 0.15) is 0 Å². The fraction of sp³-hybridized carbons (Fsp3) is 0.250. The average Bonchev–Trinajstić information content (AvgIpc) is 2.88. The quantitative estimate of drug-likeness (QED) is 0.264. The first-order valence-electron chi connectivity index (χ1n) is 11.1. The van der Waals surface area contributed by atoms with Crippen LogP contribution in [0.15, 0.2) is 42.5 Å². The van der Waals surface area contributed by atoms with Crippen LogP contribution in [0.2, 0.25) is 0 Å². The number of benzene rings is 3. The van der Waals surface area contributed by atoms with Crippen LogP contribution in [0.4, 0.5) is 34.6 Å². The van der Waals surface area contributed by atoms with Gasteiger partial charge in [-0.3, -0.25) is 10.1 Å². The van der Waals surface area contributed by atoms with Crippen molar-refractivity contribution in [2.24, 2.45) is 0 Å². The predicted octanol–water partition coefficient (Wildman–Crippen LogP) is 4.90. The van der Waals surface area contributed by atoms with Crippen LogP contribution < -0.4 is 29.6 Å². The molecule has 4 rings (SSSR count). The molecule has 0 radical (unpaired) electrons. The summed E-state index contributed by atoms with van der Waals surface area (Å²) in [5, 5.41) is 16.9. The van der Waals surface area contributed by atoms with Crippen LogP contribution in [-0.4, -0.2) is 44.4 Å². The molecule has 0 spiro atoms. The van der Waals surface area contributed by atoms with E-state index in [4.69, 9.17) is 18.9 Å². The van der Waals surface area contributed by atoms with E-state index in [1.165, 1.54) is 30.3 Å². The molecule has 0 bridgehead atoms. The Morgan fingerprint density at radius 3 is 1.70 bits per heavy atom. The Kier molecular flexibility index (Phi) is 8.01. The van der Waals surface area contributed by atoms with Crippen molar-refractivity contribution in [1.29, 1.82) is 0 Å². The van der Waals surface area contributed by atoms with Gasteiger partial charge in [0.15, 0.2) is 34.6 Å². The third kappa shape index (κ3) is 6.05. The summed E-state index contributed by atoms with van der Waals surface area (Å²) in [7, 11) is 0. The van der Waals surface area contributed by atoms with Gasteiger partial charge in [0, 0.05) is 19.2 Å². The Balaban J connectivity index is 1.62. The molecule has 3 aromatic rings. The van der Waals surface area contributed by atoms with Crippen molar-refractivity contribution in [3.05, 3.63) is 75.8 Å². The third-order valence-corrected chi connectivity index (χ3v) is 5.16. The fourth-order valence-corrected chi connectivity index (χ4v) is 3.45. The summed E-state index contributed by atoms with van der Waals surface area (Å²) >= 11 is 0. The zero-order chi connectivity index (χ0) is 26.4. The fourth-order valence-electron chi connectivity index (χ4n) is 3.45. The van der Waals surface area contributed by atoms with E-state index in [1.807, 2.05) is 0 Å². The monoisotopic (exact) mass is 523 g/mol. The van der Waals surface area contributed by atoms with E-state index in [9.17, 15) is 27.7 Å². The minimum absolute atomic E-state index is 0.0183. The smallest absolute Gasteiger partial charge is 0.273 e. The van der Waals surface area contributed by atoms with E-state index >= 15 is 0 Å². The van der Waals surface area contributed by atoms with Crippen LogP contribution in [0.25, 0.3) is 0 Å². The normalized spacial score (nSPS) is 14.3. The summed E-state index contributed by atoms with van der Waals surface area (Å²) in [6.45, 7) is -0.410. The van der Waals surface area contributed by atoms with Gasteiger partial charge in [-0.25, -0.2) is 8.78 Å². The summed E-state index contributed by atoms with van der Waals surface area (Å²) in [6.07, 6.45) is 0.